The molecule has 2 aromatic heterocycles. The minimum Gasteiger partial charge on any atom is -0.494 e. The van der Waals surface area contributed by atoms with E-state index in [-0.39, 0.29) is 11.6 Å². The predicted octanol–water partition coefficient (Wildman–Crippen LogP) is 4.84. The lowest BCUT2D eigenvalue weighted by atomic mass is 10.1. The van der Waals surface area contributed by atoms with Crippen LogP contribution in [-0.2, 0) is 0 Å². The molecule has 0 aliphatic carbocycles. The standard InChI is InChI=1S/C25H26N4O4/c1-4-5-14-33-19-9-7-18(8-10-19)27-25(30)20-16-24-26-13-12-21(29(24)28-20)17-6-11-22(31-2)23(15-17)32-3/h6-13,15-16H,4-5,14H2,1-3H3,(H,27,30). The topological polar surface area (TPSA) is 87.0 Å². The van der Waals surface area contributed by atoms with Crippen LogP contribution in [0.5, 0.6) is 17.2 Å². The molecule has 4 rings (SSSR count). The maximum atomic E-state index is 12.8. The van der Waals surface area contributed by atoms with E-state index < -0.39 is 0 Å². The van der Waals surface area contributed by atoms with E-state index in [0.717, 1.165) is 29.8 Å². The summed E-state index contributed by atoms with van der Waals surface area (Å²) < 4.78 is 18.0. The number of amides is 1. The Bertz CT molecular complexity index is 1250. The zero-order chi connectivity index (χ0) is 23.2. The fraction of sp³-hybridized carbons (Fsp3) is 0.240. The predicted molar refractivity (Wildman–Crippen MR) is 126 cm³/mol. The van der Waals surface area contributed by atoms with Gasteiger partial charge in [0.2, 0.25) is 0 Å². The number of carbonyl (C=O) groups excluding carboxylic acids is 1. The highest BCUT2D eigenvalue weighted by Gasteiger charge is 2.15. The zero-order valence-electron chi connectivity index (χ0n) is 18.9. The molecule has 4 aromatic rings. The van der Waals surface area contributed by atoms with Crippen molar-refractivity contribution in [2.45, 2.75) is 19.8 Å². The molecule has 0 fully saturated rings. The molecule has 0 radical (unpaired) electrons. The summed E-state index contributed by atoms with van der Waals surface area (Å²) in [7, 11) is 3.18. The number of fused-ring (bicyclic) bond motifs is 1. The highest BCUT2D eigenvalue weighted by Crippen LogP contribution is 2.32. The van der Waals surface area contributed by atoms with Gasteiger partial charge in [-0.05, 0) is 55.0 Å². The van der Waals surface area contributed by atoms with E-state index in [2.05, 4.69) is 22.3 Å². The van der Waals surface area contributed by atoms with Crippen LogP contribution >= 0.6 is 0 Å². The minimum absolute atomic E-state index is 0.263. The van der Waals surface area contributed by atoms with E-state index in [1.54, 1.807) is 31.0 Å². The second-order valence-electron chi connectivity index (χ2n) is 7.38. The van der Waals surface area contributed by atoms with Gasteiger partial charge in [0.1, 0.15) is 5.75 Å². The minimum atomic E-state index is -0.321. The molecular weight excluding hydrogens is 420 g/mol. The molecule has 0 saturated heterocycles. The van der Waals surface area contributed by atoms with Crippen molar-refractivity contribution in [3.63, 3.8) is 0 Å². The maximum Gasteiger partial charge on any atom is 0.276 e. The Labute approximate surface area is 192 Å². The molecule has 0 aliphatic rings. The molecule has 0 aliphatic heterocycles. The number of nitrogens with zero attached hydrogens (tertiary/aromatic N) is 3. The molecule has 1 N–H and O–H groups in total. The molecule has 170 valence electrons. The first-order chi connectivity index (χ1) is 16.1. The summed E-state index contributed by atoms with van der Waals surface area (Å²) in [5, 5.41) is 7.37. The highest BCUT2D eigenvalue weighted by molar-refractivity contribution is 6.03. The largest absolute Gasteiger partial charge is 0.494 e. The highest BCUT2D eigenvalue weighted by atomic mass is 16.5. The number of hydrogen-bond acceptors (Lipinski definition) is 6. The van der Waals surface area contributed by atoms with Crippen molar-refractivity contribution in [3.8, 4) is 28.5 Å². The number of rotatable bonds is 9. The van der Waals surface area contributed by atoms with E-state index in [1.807, 2.05) is 48.5 Å². The zero-order valence-corrected chi connectivity index (χ0v) is 18.9. The Balaban J connectivity index is 1.56. The van der Waals surface area contributed by atoms with Crippen molar-refractivity contribution in [1.82, 2.24) is 14.6 Å². The molecular formula is C25H26N4O4. The van der Waals surface area contributed by atoms with Gasteiger partial charge in [-0.3, -0.25) is 4.79 Å². The van der Waals surface area contributed by atoms with Gasteiger partial charge >= 0.3 is 0 Å². The van der Waals surface area contributed by atoms with Crippen molar-refractivity contribution >= 4 is 17.2 Å². The molecule has 8 heteroatoms. The van der Waals surface area contributed by atoms with Crippen molar-refractivity contribution < 1.29 is 19.0 Å². The average molecular weight is 447 g/mol. The maximum absolute atomic E-state index is 12.8. The number of carbonyl (C=O) groups is 1. The number of hydrogen-bond donors (Lipinski definition) is 1. The molecule has 2 aromatic carbocycles. The van der Waals surface area contributed by atoms with Crippen molar-refractivity contribution in [2.24, 2.45) is 0 Å². The normalized spacial score (nSPS) is 10.8. The Hall–Kier alpha value is -4.07. The van der Waals surface area contributed by atoms with Gasteiger partial charge in [-0.25, -0.2) is 9.50 Å². The first-order valence-corrected chi connectivity index (χ1v) is 10.7. The Morgan fingerprint density at radius 1 is 1.00 bits per heavy atom. The summed E-state index contributed by atoms with van der Waals surface area (Å²) in [5.41, 5.74) is 3.11. The van der Waals surface area contributed by atoms with Crippen LogP contribution in [-0.4, -0.2) is 41.3 Å². The van der Waals surface area contributed by atoms with Gasteiger partial charge in [0.15, 0.2) is 22.8 Å². The van der Waals surface area contributed by atoms with Gasteiger partial charge in [0, 0.05) is 23.5 Å². The molecule has 0 bridgehead atoms. The average Bonchev–Trinajstić information content (AvgIpc) is 3.29. The lowest BCUT2D eigenvalue weighted by Gasteiger charge is -2.10. The van der Waals surface area contributed by atoms with E-state index in [1.165, 1.54) is 0 Å². The number of unbranched alkanes of at least 4 members (excludes halogenated alkanes) is 1. The van der Waals surface area contributed by atoms with E-state index >= 15 is 0 Å². The van der Waals surface area contributed by atoms with Crippen LogP contribution in [0, 0.1) is 0 Å². The lowest BCUT2D eigenvalue weighted by molar-refractivity contribution is 0.102. The quantitative estimate of drug-likeness (QED) is 0.370. The summed E-state index contributed by atoms with van der Waals surface area (Å²) in [4.78, 5) is 17.2. The Morgan fingerprint density at radius 3 is 2.52 bits per heavy atom. The fourth-order valence-corrected chi connectivity index (χ4v) is 3.38. The van der Waals surface area contributed by atoms with Gasteiger partial charge in [-0.15, -0.1) is 0 Å². The smallest absolute Gasteiger partial charge is 0.276 e. The van der Waals surface area contributed by atoms with Crippen LogP contribution in [0.15, 0.2) is 60.8 Å². The third-order valence-corrected chi connectivity index (χ3v) is 5.15. The number of aromatic nitrogens is 3. The number of nitrogens with one attached hydrogen (secondary N) is 1. The summed E-state index contributed by atoms with van der Waals surface area (Å²) in [6.07, 6.45) is 3.77. The molecule has 0 unspecified atom stereocenters. The van der Waals surface area contributed by atoms with Crippen molar-refractivity contribution in [2.75, 3.05) is 26.1 Å². The van der Waals surface area contributed by atoms with Gasteiger partial charge in [-0.1, -0.05) is 13.3 Å². The molecule has 0 saturated carbocycles. The fourth-order valence-electron chi connectivity index (χ4n) is 3.38. The van der Waals surface area contributed by atoms with E-state index in [4.69, 9.17) is 14.2 Å². The van der Waals surface area contributed by atoms with E-state index in [0.29, 0.717) is 29.4 Å². The number of ether oxygens (including phenoxy) is 3. The first-order valence-electron chi connectivity index (χ1n) is 10.7. The summed E-state index contributed by atoms with van der Waals surface area (Å²) >= 11 is 0. The number of anilines is 1. The molecule has 1 amide bonds. The van der Waals surface area contributed by atoms with Gasteiger partial charge in [0.05, 0.1) is 26.5 Å². The monoisotopic (exact) mass is 446 g/mol. The molecule has 8 nitrogen and oxygen atoms in total. The van der Waals surface area contributed by atoms with E-state index in [9.17, 15) is 4.79 Å². The Morgan fingerprint density at radius 2 is 1.79 bits per heavy atom. The number of benzene rings is 2. The van der Waals surface area contributed by atoms with Crippen LogP contribution < -0.4 is 19.5 Å². The summed E-state index contributed by atoms with van der Waals surface area (Å²) in [6.45, 7) is 2.80. The van der Waals surface area contributed by atoms with Crippen LogP contribution in [0.2, 0.25) is 0 Å². The van der Waals surface area contributed by atoms with Crippen LogP contribution in [0.25, 0.3) is 16.9 Å². The van der Waals surface area contributed by atoms with Crippen molar-refractivity contribution in [3.05, 3.63) is 66.5 Å². The van der Waals surface area contributed by atoms with Crippen molar-refractivity contribution in [1.29, 1.82) is 0 Å². The molecule has 2 heterocycles. The second kappa shape index (κ2) is 10.0. The van der Waals surface area contributed by atoms with Gasteiger partial charge in [0.25, 0.3) is 5.91 Å². The summed E-state index contributed by atoms with van der Waals surface area (Å²) in [5.74, 6) is 1.69. The summed E-state index contributed by atoms with van der Waals surface area (Å²) in [6, 6.07) is 16.4. The number of methoxy groups -OCH3 is 2. The molecule has 0 spiro atoms. The molecule has 33 heavy (non-hydrogen) atoms. The SMILES string of the molecule is CCCCOc1ccc(NC(=O)c2cc3nccc(-c4ccc(OC)c(OC)c4)n3n2)cc1. The first kappa shape index (κ1) is 22.1. The molecule has 0 atom stereocenters. The lowest BCUT2D eigenvalue weighted by Crippen LogP contribution is -2.12. The van der Waals surface area contributed by atoms with Crippen LogP contribution in [0.1, 0.15) is 30.3 Å². The van der Waals surface area contributed by atoms with Gasteiger partial charge < -0.3 is 19.5 Å². The third-order valence-electron chi connectivity index (χ3n) is 5.15. The third kappa shape index (κ3) is 4.90. The van der Waals surface area contributed by atoms with Crippen LogP contribution in [0.4, 0.5) is 5.69 Å². The Kier molecular flexibility index (Phi) is 6.73. The van der Waals surface area contributed by atoms with Crippen LogP contribution in [0.3, 0.4) is 0 Å². The van der Waals surface area contributed by atoms with Gasteiger partial charge in [-0.2, -0.15) is 5.10 Å². The second-order valence-corrected chi connectivity index (χ2v) is 7.38.